The molecule has 6 rings (SSSR count). The molecule has 0 bridgehead atoms. The summed E-state index contributed by atoms with van der Waals surface area (Å²) in [6.07, 6.45) is 4.17. The number of benzene rings is 1. The van der Waals surface area contributed by atoms with E-state index in [4.69, 9.17) is 19.4 Å². The normalized spacial score (nSPS) is 29.0. The zero-order valence-electron chi connectivity index (χ0n) is 25.0. The highest BCUT2D eigenvalue weighted by Gasteiger charge is 2.60. The van der Waals surface area contributed by atoms with Gasteiger partial charge in [-0.15, -0.1) is 0 Å². The summed E-state index contributed by atoms with van der Waals surface area (Å²) in [6.45, 7) is 17.5. The first-order valence-corrected chi connectivity index (χ1v) is 14.6. The molecule has 1 saturated carbocycles. The standard InChI is InChI=1S/C31H40BFN4O3/c1-9-21-16-25(27(38)36-18-30(7)13-10-14-31(30,8)19(36)2)34-26-17-24(35-37(21)26)22-12-11-20(15-23(22)33)32-39-28(3,4)29(5,6)40-32/h11-12,15-17,19H,9-10,13-14,18H2,1-8H3/t19-,30+,31-/m1/s1. The summed E-state index contributed by atoms with van der Waals surface area (Å²) in [6, 6.07) is 8.73. The van der Waals surface area contributed by atoms with E-state index in [-0.39, 0.29) is 22.8 Å². The Morgan fingerprint density at radius 2 is 1.77 bits per heavy atom. The minimum absolute atomic E-state index is 0.0396. The van der Waals surface area contributed by atoms with Crippen molar-refractivity contribution in [1.29, 1.82) is 0 Å². The Bertz CT molecular complexity index is 1500. The average molecular weight is 546 g/mol. The molecule has 2 aromatic heterocycles. The summed E-state index contributed by atoms with van der Waals surface area (Å²) in [5.74, 6) is -0.453. The van der Waals surface area contributed by atoms with Gasteiger partial charge in [-0.3, -0.25) is 4.79 Å². The number of hydrogen-bond acceptors (Lipinski definition) is 5. The molecule has 0 unspecified atom stereocenters. The molecule has 3 aliphatic rings. The number of hydrogen-bond donors (Lipinski definition) is 0. The topological polar surface area (TPSA) is 69.0 Å². The van der Waals surface area contributed by atoms with Crippen molar-refractivity contribution in [3.05, 3.63) is 47.5 Å². The van der Waals surface area contributed by atoms with Crippen molar-refractivity contribution < 1.29 is 18.5 Å². The van der Waals surface area contributed by atoms with Crippen molar-refractivity contribution in [2.24, 2.45) is 10.8 Å². The fraction of sp³-hybridized carbons (Fsp3) is 0.581. The van der Waals surface area contributed by atoms with E-state index in [1.165, 1.54) is 12.5 Å². The van der Waals surface area contributed by atoms with Crippen LogP contribution in [0.5, 0.6) is 0 Å². The second-order valence-electron chi connectivity index (χ2n) is 13.6. The lowest BCUT2D eigenvalue weighted by Crippen LogP contribution is -2.41. The van der Waals surface area contributed by atoms with Crippen LogP contribution in [0.25, 0.3) is 16.9 Å². The highest BCUT2D eigenvalue weighted by atomic mass is 19.1. The van der Waals surface area contributed by atoms with Crippen LogP contribution in [0.4, 0.5) is 4.39 Å². The van der Waals surface area contributed by atoms with Gasteiger partial charge in [0.15, 0.2) is 5.65 Å². The second-order valence-corrected chi connectivity index (χ2v) is 13.6. The summed E-state index contributed by atoms with van der Waals surface area (Å²) in [5.41, 5.74) is 2.51. The zero-order chi connectivity index (χ0) is 28.8. The predicted octanol–water partition coefficient (Wildman–Crippen LogP) is 5.44. The smallest absolute Gasteiger partial charge is 0.399 e. The summed E-state index contributed by atoms with van der Waals surface area (Å²) in [4.78, 5) is 20.6. The van der Waals surface area contributed by atoms with E-state index >= 15 is 4.39 Å². The first kappa shape index (κ1) is 27.4. The zero-order valence-corrected chi connectivity index (χ0v) is 25.0. The van der Waals surface area contributed by atoms with E-state index in [0.29, 0.717) is 34.5 Å². The molecule has 3 atom stereocenters. The van der Waals surface area contributed by atoms with Crippen molar-refractivity contribution in [1.82, 2.24) is 19.5 Å². The van der Waals surface area contributed by atoms with Gasteiger partial charge in [-0.1, -0.05) is 39.3 Å². The van der Waals surface area contributed by atoms with E-state index in [0.717, 1.165) is 25.1 Å². The minimum atomic E-state index is -0.645. The summed E-state index contributed by atoms with van der Waals surface area (Å²) in [5, 5.41) is 4.70. The summed E-state index contributed by atoms with van der Waals surface area (Å²) < 4.78 is 29.4. The number of fused-ring (bicyclic) bond motifs is 2. The van der Waals surface area contributed by atoms with Crippen LogP contribution in [0.3, 0.4) is 0 Å². The molecule has 1 aromatic carbocycles. The molecular weight excluding hydrogens is 506 g/mol. The predicted molar refractivity (Wildman–Crippen MR) is 154 cm³/mol. The van der Waals surface area contributed by atoms with Gasteiger partial charge >= 0.3 is 7.12 Å². The lowest BCUT2D eigenvalue weighted by Gasteiger charge is -2.36. The molecule has 0 spiro atoms. The molecule has 9 heteroatoms. The number of rotatable bonds is 4. The summed E-state index contributed by atoms with van der Waals surface area (Å²) in [7, 11) is -0.645. The van der Waals surface area contributed by atoms with Gasteiger partial charge < -0.3 is 14.2 Å². The van der Waals surface area contributed by atoms with Crippen LogP contribution in [0.15, 0.2) is 30.3 Å². The maximum absolute atomic E-state index is 15.5. The second kappa shape index (κ2) is 8.86. The monoisotopic (exact) mass is 546 g/mol. The van der Waals surface area contributed by atoms with Crippen molar-refractivity contribution in [3.63, 3.8) is 0 Å². The molecule has 0 N–H and O–H groups in total. The van der Waals surface area contributed by atoms with Gasteiger partial charge in [0.1, 0.15) is 11.5 Å². The third-order valence-corrected chi connectivity index (χ3v) is 10.9. The van der Waals surface area contributed by atoms with E-state index in [1.807, 2.05) is 51.7 Å². The molecule has 212 valence electrons. The molecule has 1 amide bonds. The van der Waals surface area contributed by atoms with Gasteiger partial charge in [-0.05, 0) is 82.3 Å². The fourth-order valence-corrected chi connectivity index (χ4v) is 7.05. The van der Waals surface area contributed by atoms with Gasteiger partial charge in [-0.25, -0.2) is 13.9 Å². The average Bonchev–Trinajstić information content (AvgIpc) is 3.56. The number of amides is 1. The molecule has 40 heavy (non-hydrogen) atoms. The molecule has 2 aliphatic heterocycles. The highest BCUT2D eigenvalue weighted by Crippen LogP contribution is 2.60. The van der Waals surface area contributed by atoms with Crippen molar-refractivity contribution in [2.45, 2.75) is 98.3 Å². The Hall–Kier alpha value is -2.78. The van der Waals surface area contributed by atoms with E-state index in [1.54, 1.807) is 16.6 Å². The summed E-state index contributed by atoms with van der Waals surface area (Å²) >= 11 is 0. The number of halogens is 1. The van der Waals surface area contributed by atoms with Crippen molar-refractivity contribution >= 4 is 24.1 Å². The third kappa shape index (κ3) is 3.87. The van der Waals surface area contributed by atoms with Gasteiger partial charge in [0.05, 0.1) is 16.9 Å². The Kier molecular flexibility index (Phi) is 6.07. The SMILES string of the molecule is CCc1cc(C(=O)N2C[C@]3(C)CCC[C@]3(C)[C@H]2C)nc2cc(-c3ccc(B4OC(C)(C)C(C)(C)O4)cc3F)nn12. The number of carbonyl (C=O) groups is 1. The first-order valence-electron chi connectivity index (χ1n) is 14.6. The molecule has 7 nitrogen and oxygen atoms in total. The number of likely N-dealkylation sites (tertiary alicyclic amines) is 1. The van der Waals surface area contributed by atoms with Gasteiger partial charge in [0.25, 0.3) is 5.91 Å². The van der Waals surface area contributed by atoms with Crippen LogP contribution in [0.1, 0.15) is 90.8 Å². The molecule has 0 radical (unpaired) electrons. The van der Waals surface area contributed by atoms with Crippen LogP contribution >= 0.6 is 0 Å². The first-order chi connectivity index (χ1) is 18.7. The molecular formula is C31H40BFN4O3. The maximum atomic E-state index is 15.5. The lowest BCUT2D eigenvalue weighted by molar-refractivity contribution is 0.00578. The van der Waals surface area contributed by atoms with E-state index in [9.17, 15) is 4.79 Å². The maximum Gasteiger partial charge on any atom is 0.494 e. The Morgan fingerprint density at radius 1 is 1.07 bits per heavy atom. The lowest BCUT2D eigenvalue weighted by atomic mass is 9.68. The van der Waals surface area contributed by atoms with Crippen molar-refractivity contribution in [2.75, 3.05) is 6.54 Å². The Balaban J connectivity index is 1.31. The van der Waals surface area contributed by atoms with Crippen LogP contribution < -0.4 is 5.46 Å². The highest BCUT2D eigenvalue weighted by molar-refractivity contribution is 6.62. The van der Waals surface area contributed by atoms with Crippen LogP contribution in [-0.4, -0.2) is 56.3 Å². The van der Waals surface area contributed by atoms with E-state index < -0.39 is 24.1 Å². The Labute approximate surface area is 236 Å². The molecule has 1 aliphatic carbocycles. The minimum Gasteiger partial charge on any atom is -0.399 e. The largest absolute Gasteiger partial charge is 0.494 e. The van der Waals surface area contributed by atoms with Crippen LogP contribution in [-0.2, 0) is 15.7 Å². The molecule has 2 saturated heterocycles. The van der Waals surface area contributed by atoms with E-state index in [2.05, 4.69) is 20.8 Å². The third-order valence-electron chi connectivity index (χ3n) is 10.9. The molecule has 3 aromatic rings. The molecule has 4 heterocycles. The Morgan fingerprint density at radius 3 is 2.40 bits per heavy atom. The number of carbonyl (C=O) groups excluding carboxylic acids is 1. The van der Waals surface area contributed by atoms with Gasteiger partial charge in [0.2, 0.25) is 0 Å². The number of aromatic nitrogens is 3. The van der Waals surface area contributed by atoms with Gasteiger partial charge in [0, 0.05) is 29.9 Å². The number of nitrogens with zero attached hydrogens (tertiary/aromatic N) is 4. The van der Waals surface area contributed by atoms with Gasteiger partial charge in [-0.2, -0.15) is 5.10 Å². The van der Waals surface area contributed by atoms with Crippen molar-refractivity contribution in [3.8, 4) is 11.3 Å². The number of aryl methyl sites for hydroxylation is 1. The quantitative estimate of drug-likeness (QED) is 0.408. The fourth-order valence-electron chi connectivity index (χ4n) is 7.05. The van der Waals surface area contributed by atoms with Crippen LogP contribution in [0, 0.1) is 16.6 Å². The van der Waals surface area contributed by atoms with Crippen LogP contribution in [0.2, 0.25) is 0 Å². The molecule has 3 fully saturated rings.